The topological polar surface area (TPSA) is 62.5 Å². The summed E-state index contributed by atoms with van der Waals surface area (Å²) in [6.45, 7) is 9.22. The minimum absolute atomic E-state index is 0.122. The number of aliphatic hydroxyl groups is 1. The van der Waals surface area contributed by atoms with Crippen LogP contribution in [0.2, 0.25) is 0 Å². The van der Waals surface area contributed by atoms with Gasteiger partial charge in [-0.1, -0.05) is 13.8 Å². The van der Waals surface area contributed by atoms with E-state index in [1.54, 1.807) is 16.6 Å². The van der Waals surface area contributed by atoms with Gasteiger partial charge >= 0.3 is 0 Å². The standard InChI is InChI=1S/C15H26N2O3S/c1-11(2)17-9-15(7-14(17)10-18)21(19,20)16-6-5-12(3)13(4)8-16/h7,9,11-13,18H,5-6,8,10H2,1-4H3. The lowest BCUT2D eigenvalue weighted by atomic mass is 9.90. The van der Waals surface area contributed by atoms with E-state index >= 15 is 0 Å². The van der Waals surface area contributed by atoms with Crippen LogP contribution in [0.25, 0.3) is 0 Å². The number of piperidine rings is 1. The Hall–Kier alpha value is -0.850. The molecule has 0 saturated carbocycles. The van der Waals surface area contributed by atoms with E-state index < -0.39 is 10.0 Å². The molecule has 1 saturated heterocycles. The van der Waals surface area contributed by atoms with Gasteiger partial charge in [-0.15, -0.1) is 0 Å². The molecule has 0 radical (unpaired) electrons. The third-order valence-electron chi connectivity index (χ3n) is 4.56. The van der Waals surface area contributed by atoms with Gasteiger partial charge in [0.25, 0.3) is 0 Å². The molecule has 0 aromatic carbocycles. The van der Waals surface area contributed by atoms with Crippen LogP contribution in [0.4, 0.5) is 0 Å². The van der Waals surface area contributed by atoms with E-state index in [9.17, 15) is 13.5 Å². The van der Waals surface area contributed by atoms with E-state index in [1.807, 2.05) is 18.4 Å². The Morgan fingerprint density at radius 2 is 2.00 bits per heavy atom. The van der Waals surface area contributed by atoms with Gasteiger partial charge in [0.2, 0.25) is 10.0 Å². The Balaban J connectivity index is 2.32. The highest BCUT2D eigenvalue weighted by Gasteiger charge is 2.32. The molecule has 2 atom stereocenters. The minimum atomic E-state index is -3.46. The normalized spacial score (nSPS) is 24.7. The fourth-order valence-electron chi connectivity index (χ4n) is 2.84. The molecule has 0 spiro atoms. The largest absolute Gasteiger partial charge is 0.390 e. The highest BCUT2D eigenvalue weighted by Crippen LogP contribution is 2.28. The van der Waals surface area contributed by atoms with Crippen LogP contribution >= 0.6 is 0 Å². The second-order valence-corrected chi connectivity index (χ2v) is 8.37. The first-order chi connectivity index (χ1) is 9.77. The van der Waals surface area contributed by atoms with Crippen molar-refractivity contribution in [2.75, 3.05) is 13.1 Å². The molecule has 0 bridgehead atoms. The molecule has 1 fully saturated rings. The Bertz CT molecular complexity index is 592. The first kappa shape index (κ1) is 16.5. The zero-order valence-electron chi connectivity index (χ0n) is 13.3. The summed E-state index contributed by atoms with van der Waals surface area (Å²) in [7, 11) is -3.46. The molecule has 5 nitrogen and oxygen atoms in total. The monoisotopic (exact) mass is 314 g/mol. The fraction of sp³-hybridized carbons (Fsp3) is 0.733. The number of hydrogen-bond donors (Lipinski definition) is 1. The van der Waals surface area contributed by atoms with Crippen molar-refractivity contribution < 1.29 is 13.5 Å². The molecule has 21 heavy (non-hydrogen) atoms. The van der Waals surface area contributed by atoms with E-state index in [0.29, 0.717) is 35.5 Å². The molecule has 0 aliphatic carbocycles. The maximum absolute atomic E-state index is 12.8. The molecule has 120 valence electrons. The fourth-order valence-corrected chi connectivity index (χ4v) is 4.44. The summed E-state index contributed by atoms with van der Waals surface area (Å²) in [5.74, 6) is 0.933. The van der Waals surface area contributed by atoms with Crippen molar-refractivity contribution >= 4 is 10.0 Å². The second-order valence-electron chi connectivity index (χ2n) is 6.43. The quantitative estimate of drug-likeness (QED) is 0.927. The van der Waals surface area contributed by atoms with Gasteiger partial charge in [-0.2, -0.15) is 4.31 Å². The molecule has 2 unspecified atom stereocenters. The Labute approximate surface area is 127 Å². The molecule has 6 heteroatoms. The minimum Gasteiger partial charge on any atom is -0.390 e. The van der Waals surface area contributed by atoms with Gasteiger partial charge in [-0.05, 0) is 38.2 Å². The molecule has 1 aromatic rings. The van der Waals surface area contributed by atoms with Gasteiger partial charge in [-0.25, -0.2) is 8.42 Å². The van der Waals surface area contributed by atoms with Gasteiger partial charge < -0.3 is 9.67 Å². The van der Waals surface area contributed by atoms with Crippen molar-refractivity contribution in [2.45, 2.75) is 51.7 Å². The summed E-state index contributed by atoms with van der Waals surface area (Å²) in [5.41, 5.74) is 0.641. The van der Waals surface area contributed by atoms with Crippen molar-refractivity contribution in [3.63, 3.8) is 0 Å². The third-order valence-corrected chi connectivity index (χ3v) is 6.39. The number of rotatable bonds is 4. The van der Waals surface area contributed by atoms with Crippen molar-refractivity contribution in [3.05, 3.63) is 18.0 Å². The van der Waals surface area contributed by atoms with Gasteiger partial charge in [0.1, 0.15) is 4.90 Å². The summed E-state index contributed by atoms with van der Waals surface area (Å²) in [6, 6.07) is 1.72. The number of aromatic nitrogens is 1. The van der Waals surface area contributed by atoms with Crippen molar-refractivity contribution in [2.24, 2.45) is 11.8 Å². The predicted molar refractivity (Wildman–Crippen MR) is 82.4 cm³/mol. The lowest BCUT2D eigenvalue weighted by Gasteiger charge is -2.34. The zero-order valence-corrected chi connectivity index (χ0v) is 14.1. The average Bonchev–Trinajstić information content (AvgIpc) is 2.86. The third kappa shape index (κ3) is 3.17. The summed E-state index contributed by atoms with van der Waals surface area (Å²) in [6.07, 6.45) is 2.55. The second kappa shape index (κ2) is 6.10. The van der Waals surface area contributed by atoms with E-state index in [2.05, 4.69) is 13.8 Å². The highest BCUT2D eigenvalue weighted by atomic mass is 32.2. The van der Waals surface area contributed by atoms with Crippen LogP contribution in [0.1, 0.15) is 45.9 Å². The number of nitrogens with zero attached hydrogens (tertiary/aromatic N) is 2. The summed E-state index contributed by atoms with van der Waals surface area (Å²) < 4.78 is 29.0. The molecular formula is C15H26N2O3S. The number of aliphatic hydroxyl groups excluding tert-OH is 1. The smallest absolute Gasteiger partial charge is 0.244 e. The molecule has 1 aliphatic heterocycles. The van der Waals surface area contributed by atoms with E-state index in [4.69, 9.17) is 0 Å². The Morgan fingerprint density at radius 3 is 2.48 bits per heavy atom. The SMILES string of the molecule is CC1CCN(S(=O)(=O)c2cc(CO)n(C(C)C)c2)CC1C. The van der Waals surface area contributed by atoms with Crippen LogP contribution in [0.15, 0.2) is 17.2 Å². The van der Waals surface area contributed by atoms with Crippen molar-refractivity contribution in [1.82, 2.24) is 8.87 Å². The van der Waals surface area contributed by atoms with Crippen LogP contribution in [0, 0.1) is 11.8 Å². The van der Waals surface area contributed by atoms with Crippen LogP contribution in [-0.4, -0.2) is 35.5 Å². The van der Waals surface area contributed by atoms with Gasteiger partial charge in [0, 0.05) is 31.0 Å². The summed E-state index contributed by atoms with van der Waals surface area (Å²) in [5, 5.41) is 9.40. The highest BCUT2D eigenvalue weighted by molar-refractivity contribution is 7.89. The van der Waals surface area contributed by atoms with E-state index in [0.717, 1.165) is 6.42 Å². The first-order valence-corrected chi connectivity index (χ1v) is 9.03. The van der Waals surface area contributed by atoms with E-state index in [1.165, 1.54) is 0 Å². The molecule has 0 amide bonds. The molecule has 1 aromatic heterocycles. The summed E-state index contributed by atoms with van der Waals surface area (Å²) >= 11 is 0. The predicted octanol–water partition coefficient (Wildman–Crippen LogP) is 2.23. The zero-order chi connectivity index (χ0) is 15.8. The van der Waals surface area contributed by atoms with Crippen LogP contribution in [-0.2, 0) is 16.6 Å². The lowest BCUT2D eigenvalue weighted by Crippen LogP contribution is -2.42. The van der Waals surface area contributed by atoms with Crippen LogP contribution < -0.4 is 0 Å². The lowest BCUT2D eigenvalue weighted by molar-refractivity contribution is 0.212. The van der Waals surface area contributed by atoms with Gasteiger partial charge in [0.05, 0.1) is 6.61 Å². The van der Waals surface area contributed by atoms with Crippen molar-refractivity contribution in [1.29, 1.82) is 0 Å². The average molecular weight is 314 g/mol. The maximum Gasteiger partial charge on any atom is 0.244 e. The summed E-state index contributed by atoms with van der Waals surface area (Å²) in [4.78, 5) is 0.294. The number of hydrogen-bond acceptors (Lipinski definition) is 3. The molecule has 1 aliphatic rings. The molecule has 1 N–H and O–H groups in total. The maximum atomic E-state index is 12.8. The number of sulfonamides is 1. The Kier molecular flexibility index (Phi) is 4.80. The molecule has 2 rings (SSSR count). The molecule has 2 heterocycles. The first-order valence-electron chi connectivity index (χ1n) is 7.59. The van der Waals surface area contributed by atoms with E-state index in [-0.39, 0.29) is 12.6 Å². The van der Waals surface area contributed by atoms with Gasteiger partial charge in [-0.3, -0.25) is 0 Å². The van der Waals surface area contributed by atoms with Gasteiger partial charge in [0.15, 0.2) is 0 Å². The Morgan fingerprint density at radius 1 is 1.33 bits per heavy atom. The van der Waals surface area contributed by atoms with Crippen LogP contribution in [0.5, 0.6) is 0 Å². The molecular weight excluding hydrogens is 288 g/mol. The van der Waals surface area contributed by atoms with Crippen molar-refractivity contribution in [3.8, 4) is 0 Å². The van der Waals surface area contributed by atoms with Crippen LogP contribution in [0.3, 0.4) is 0 Å².